The van der Waals surface area contributed by atoms with Crippen molar-refractivity contribution in [1.82, 2.24) is 5.32 Å². The lowest BCUT2D eigenvalue weighted by Crippen LogP contribution is -2.30. The van der Waals surface area contributed by atoms with Gasteiger partial charge in [0.05, 0.1) is 10.9 Å². The van der Waals surface area contributed by atoms with E-state index in [-0.39, 0.29) is 12.5 Å². The van der Waals surface area contributed by atoms with E-state index < -0.39 is 0 Å². The standard InChI is InChI=1S/C10H15ClN2O2S/c11-9-2-1-8(16-9)3-5-13-10(14)7-15-6-4-12/h1-2H,3-7,12H2,(H,13,14). The maximum Gasteiger partial charge on any atom is 0.246 e. The largest absolute Gasteiger partial charge is 0.370 e. The maximum absolute atomic E-state index is 11.2. The number of nitrogens with one attached hydrogen (secondary N) is 1. The monoisotopic (exact) mass is 262 g/mol. The van der Waals surface area contributed by atoms with Crippen molar-refractivity contribution in [3.05, 3.63) is 21.3 Å². The molecule has 0 spiro atoms. The fourth-order valence-electron chi connectivity index (χ4n) is 1.11. The molecule has 1 amide bonds. The topological polar surface area (TPSA) is 64.3 Å². The molecule has 0 saturated heterocycles. The number of carbonyl (C=O) groups is 1. The first-order valence-corrected chi connectivity index (χ1v) is 6.20. The Kier molecular flexibility index (Phi) is 6.40. The molecular formula is C10H15ClN2O2S. The van der Waals surface area contributed by atoms with Crippen LogP contribution in [-0.4, -0.2) is 32.2 Å². The molecule has 3 N–H and O–H groups in total. The number of thiophene rings is 1. The van der Waals surface area contributed by atoms with Gasteiger partial charge in [0.15, 0.2) is 0 Å². The third-order valence-corrected chi connectivity index (χ3v) is 3.11. The summed E-state index contributed by atoms with van der Waals surface area (Å²) in [7, 11) is 0. The molecule has 0 aliphatic carbocycles. The Morgan fingerprint density at radius 1 is 1.56 bits per heavy atom. The maximum atomic E-state index is 11.2. The highest BCUT2D eigenvalue weighted by Gasteiger charge is 2.01. The summed E-state index contributed by atoms with van der Waals surface area (Å²) < 4.78 is 5.77. The molecular weight excluding hydrogens is 248 g/mol. The number of hydrogen-bond acceptors (Lipinski definition) is 4. The zero-order valence-electron chi connectivity index (χ0n) is 8.87. The highest BCUT2D eigenvalue weighted by atomic mass is 35.5. The molecule has 0 unspecified atom stereocenters. The van der Waals surface area contributed by atoms with E-state index in [1.807, 2.05) is 12.1 Å². The molecule has 1 rings (SSSR count). The van der Waals surface area contributed by atoms with Gasteiger partial charge in [0.1, 0.15) is 6.61 Å². The van der Waals surface area contributed by atoms with Crippen LogP contribution in [0.3, 0.4) is 0 Å². The molecule has 0 aliphatic heterocycles. The van der Waals surface area contributed by atoms with Crippen molar-refractivity contribution in [1.29, 1.82) is 0 Å². The predicted octanol–water partition coefficient (Wildman–Crippen LogP) is 1.04. The van der Waals surface area contributed by atoms with Gasteiger partial charge >= 0.3 is 0 Å². The van der Waals surface area contributed by atoms with Crippen LogP contribution >= 0.6 is 22.9 Å². The summed E-state index contributed by atoms with van der Waals surface area (Å²) in [6.07, 6.45) is 0.792. The molecule has 0 fully saturated rings. The van der Waals surface area contributed by atoms with E-state index in [2.05, 4.69) is 5.32 Å². The highest BCUT2D eigenvalue weighted by Crippen LogP contribution is 2.21. The predicted molar refractivity (Wildman–Crippen MR) is 65.9 cm³/mol. The average Bonchev–Trinajstić information content (AvgIpc) is 2.65. The van der Waals surface area contributed by atoms with Crippen LogP contribution in [0.2, 0.25) is 4.34 Å². The van der Waals surface area contributed by atoms with Crippen LogP contribution in [0.4, 0.5) is 0 Å². The molecule has 0 radical (unpaired) electrons. The lowest BCUT2D eigenvalue weighted by molar-refractivity contribution is -0.125. The van der Waals surface area contributed by atoms with Crippen LogP contribution in [0.15, 0.2) is 12.1 Å². The first-order valence-electron chi connectivity index (χ1n) is 5.01. The number of hydrogen-bond donors (Lipinski definition) is 2. The normalized spacial score (nSPS) is 10.4. The molecule has 1 aromatic heterocycles. The second-order valence-electron chi connectivity index (χ2n) is 3.15. The van der Waals surface area contributed by atoms with E-state index in [1.165, 1.54) is 11.3 Å². The summed E-state index contributed by atoms with van der Waals surface area (Å²) in [6.45, 7) is 1.51. The van der Waals surface area contributed by atoms with Gasteiger partial charge in [0.2, 0.25) is 5.91 Å². The zero-order valence-corrected chi connectivity index (χ0v) is 10.4. The van der Waals surface area contributed by atoms with Crippen molar-refractivity contribution in [2.75, 3.05) is 26.3 Å². The van der Waals surface area contributed by atoms with Gasteiger partial charge in [0.25, 0.3) is 0 Å². The SMILES string of the molecule is NCCOCC(=O)NCCc1ccc(Cl)s1. The molecule has 6 heteroatoms. The summed E-state index contributed by atoms with van der Waals surface area (Å²) >= 11 is 7.31. The van der Waals surface area contributed by atoms with Crippen LogP contribution in [0, 0.1) is 0 Å². The van der Waals surface area contributed by atoms with Crippen molar-refractivity contribution in [2.24, 2.45) is 5.73 Å². The van der Waals surface area contributed by atoms with E-state index in [1.54, 1.807) is 0 Å². The first kappa shape index (κ1) is 13.4. The molecule has 0 aromatic carbocycles. The fraction of sp³-hybridized carbons (Fsp3) is 0.500. The van der Waals surface area contributed by atoms with Gasteiger partial charge in [0, 0.05) is 18.0 Å². The van der Waals surface area contributed by atoms with Crippen molar-refractivity contribution in [3.63, 3.8) is 0 Å². The van der Waals surface area contributed by atoms with E-state index in [9.17, 15) is 4.79 Å². The first-order chi connectivity index (χ1) is 7.72. The second-order valence-corrected chi connectivity index (χ2v) is 4.95. The Labute approximate surface area is 104 Å². The van der Waals surface area contributed by atoms with Gasteiger partial charge in [-0.05, 0) is 18.6 Å². The van der Waals surface area contributed by atoms with Gasteiger partial charge in [-0.1, -0.05) is 11.6 Å². The Morgan fingerprint density at radius 2 is 2.38 bits per heavy atom. The molecule has 0 bridgehead atoms. The lowest BCUT2D eigenvalue weighted by Gasteiger charge is -2.04. The van der Waals surface area contributed by atoms with Crippen LogP contribution in [0.5, 0.6) is 0 Å². The van der Waals surface area contributed by atoms with Crippen LogP contribution in [0.25, 0.3) is 0 Å². The summed E-state index contributed by atoms with van der Waals surface area (Å²) in [5.41, 5.74) is 5.23. The molecule has 90 valence electrons. The number of amides is 1. The van der Waals surface area contributed by atoms with Crippen molar-refractivity contribution in [3.8, 4) is 0 Å². The van der Waals surface area contributed by atoms with Gasteiger partial charge in [-0.2, -0.15) is 0 Å². The minimum absolute atomic E-state index is 0.0718. The lowest BCUT2D eigenvalue weighted by atomic mass is 10.3. The summed E-state index contributed by atoms with van der Waals surface area (Å²) in [6, 6.07) is 3.82. The second kappa shape index (κ2) is 7.62. The van der Waals surface area contributed by atoms with Gasteiger partial charge < -0.3 is 15.8 Å². The van der Waals surface area contributed by atoms with Crippen molar-refractivity contribution < 1.29 is 9.53 Å². The quantitative estimate of drug-likeness (QED) is 0.722. The summed E-state index contributed by atoms with van der Waals surface area (Å²) in [5, 5.41) is 2.76. The third-order valence-electron chi connectivity index (χ3n) is 1.82. The third kappa shape index (κ3) is 5.46. The molecule has 4 nitrogen and oxygen atoms in total. The van der Waals surface area contributed by atoms with E-state index in [0.717, 1.165) is 15.6 Å². The average molecular weight is 263 g/mol. The van der Waals surface area contributed by atoms with E-state index >= 15 is 0 Å². The highest BCUT2D eigenvalue weighted by molar-refractivity contribution is 7.16. The fourth-order valence-corrected chi connectivity index (χ4v) is 2.20. The van der Waals surface area contributed by atoms with Gasteiger partial charge in [-0.15, -0.1) is 11.3 Å². The number of nitrogens with two attached hydrogens (primary N) is 1. The summed E-state index contributed by atoms with van der Waals surface area (Å²) in [5.74, 6) is -0.115. The zero-order chi connectivity index (χ0) is 11.8. The Bertz CT molecular complexity index is 330. The Morgan fingerprint density at radius 3 is 3.00 bits per heavy atom. The van der Waals surface area contributed by atoms with Gasteiger partial charge in [-0.25, -0.2) is 0 Å². The molecule has 1 aromatic rings. The molecule has 0 saturated carbocycles. The molecule has 0 atom stereocenters. The molecule has 0 aliphatic rings. The van der Waals surface area contributed by atoms with E-state index in [0.29, 0.717) is 19.7 Å². The van der Waals surface area contributed by atoms with E-state index in [4.69, 9.17) is 22.1 Å². The summed E-state index contributed by atoms with van der Waals surface area (Å²) in [4.78, 5) is 12.4. The van der Waals surface area contributed by atoms with Crippen molar-refractivity contribution >= 4 is 28.8 Å². The number of halogens is 1. The Balaban J connectivity index is 2.08. The van der Waals surface area contributed by atoms with Crippen LogP contribution in [-0.2, 0) is 16.0 Å². The van der Waals surface area contributed by atoms with Crippen LogP contribution < -0.4 is 11.1 Å². The molecule has 1 heterocycles. The minimum atomic E-state index is -0.115. The van der Waals surface area contributed by atoms with Crippen molar-refractivity contribution in [2.45, 2.75) is 6.42 Å². The minimum Gasteiger partial charge on any atom is -0.370 e. The van der Waals surface area contributed by atoms with Crippen LogP contribution in [0.1, 0.15) is 4.88 Å². The smallest absolute Gasteiger partial charge is 0.246 e. The Hall–Kier alpha value is -0.620. The molecule has 16 heavy (non-hydrogen) atoms. The number of carbonyl (C=O) groups excluding carboxylic acids is 1. The number of rotatable bonds is 7. The number of ether oxygens (including phenoxy) is 1. The van der Waals surface area contributed by atoms with Gasteiger partial charge in [-0.3, -0.25) is 4.79 Å².